The van der Waals surface area contributed by atoms with Gasteiger partial charge in [-0.2, -0.15) is 0 Å². The van der Waals surface area contributed by atoms with E-state index in [4.69, 9.17) is 0 Å². The van der Waals surface area contributed by atoms with Crippen molar-refractivity contribution in [2.24, 2.45) is 0 Å². The lowest BCUT2D eigenvalue weighted by molar-refractivity contribution is -0.117. The van der Waals surface area contributed by atoms with E-state index in [-0.39, 0.29) is 11.7 Å². The molecule has 7 heteroatoms. The van der Waals surface area contributed by atoms with Crippen LogP contribution in [0.15, 0.2) is 47.9 Å². The lowest BCUT2D eigenvalue weighted by Crippen LogP contribution is -2.40. The summed E-state index contributed by atoms with van der Waals surface area (Å²) in [5.41, 5.74) is 0.974. The summed E-state index contributed by atoms with van der Waals surface area (Å²) in [7, 11) is 0. The number of benzene rings is 1. The van der Waals surface area contributed by atoms with Gasteiger partial charge in [-0.1, -0.05) is 30.0 Å². The Morgan fingerprint density at radius 3 is 2.76 bits per heavy atom. The fourth-order valence-corrected chi connectivity index (χ4v) is 2.45. The van der Waals surface area contributed by atoms with Crippen molar-refractivity contribution in [1.82, 2.24) is 20.2 Å². The molecule has 1 aromatic heterocycles. The van der Waals surface area contributed by atoms with Gasteiger partial charge < -0.3 is 5.32 Å². The molecule has 0 saturated carbocycles. The number of imidazole rings is 1. The Morgan fingerprint density at radius 1 is 1.29 bits per heavy atom. The molecule has 0 aliphatic heterocycles. The predicted octanol–water partition coefficient (Wildman–Crippen LogP) is 1.81. The molecule has 0 bridgehead atoms. The van der Waals surface area contributed by atoms with Gasteiger partial charge in [-0.05, 0) is 19.1 Å². The molecule has 2 aromatic rings. The van der Waals surface area contributed by atoms with E-state index in [9.17, 15) is 9.59 Å². The molecular weight excluding hydrogens is 288 g/mol. The minimum absolute atomic E-state index is 0.126. The molecule has 1 aromatic carbocycles. The van der Waals surface area contributed by atoms with Gasteiger partial charge in [0.15, 0.2) is 5.16 Å². The first-order valence-corrected chi connectivity index (χ1v) is 7.48. The Hall–Kier alpha value is -2.28. The number of aromatic nitrogens is 2. The molecule has 0 radical (unpaired) electrons. The van der Waals surface area contributed by atoms with Crippen LogP contribution in [0.3, 0.4) is 0 Å². The molecule has 3 amide bonds. The van der Waals surface area contributed by atoms with Gasteiger partial charge in [0.1, 0.15) is 0 Å². The van der Waals surface area contributed by atoms with E-state index in [1.165, 1.54) is 11.8 Å². The van der Waals surface area contributed by atoms with E-state index in [1.54, 1.807) is 13.1 Å². The Kier molecular flexibility index (Phi) is 5.39. The summed E-state index contributed by atoms with van der Waals surface area (Å²) in [6.45, 7) is 2.26. The molecule has 0 unspecified atom stereocenters. The smallest absolute Gasteiger partial charge is 0.321 e. The number of urea groups is 1. The standard InChI is InChI=1S/C14H16N4O2S/c1-2-15-13(20)17-12(19)10-21-14-16-8-9-18(14)11-6-4-3-5-7-11/h3-9H,2,10H2,1H3,(H2,15,17,19,20). The van der Waals surface area contributed by atoms with E-state index < -0.39 is 6.03 Å². The van der Waals surface area contributed by atoms with Crippen molar-refractivity contribution in [1.29, 1.82) is 0 Å². The van der Waals surface area contributed by atoms with Crippen LogP contribution in [-0.4, -0.2) is 33.8 Å². The topological polar surface area (TPSA) is 76.0 Å². The molecule has 21 heavy (non-hydrogen) atoms. The Labute approximate surface area is 126 Å². The number of amides is 3. The van der Waals surface area contributed by atoms with Crippen LogP contribution >= 0.6 is 11.8 Å². The normalized spacial score (nSPS) is 10.1. The molecule has 0 aliphatic rings. The molecule has 0 aliphatic carbocycles. The molecule has 2 rings (SSSR count). The number of rotatable bonds is 5. The van der Waals surface area contributed by atoms with E-state index >= 15 is 0 Å². The number of hydrogen-bond donors (Lipinski definition) is 2. The van der Waals surface area contributed by atoms with Crippen molar-refractivity contribution < 1.29 is 9.59 Å². The van der Waals surface area contributed by atoms with Crippen molar-refractivity contribution in [3.8, 4) is 5.69 Å². The highest BCUT2D eigenvalue weighted by Gasteiger charge is 2.10. The average molecular weight is 304 g/mol. The number of imide groups is 1. The quantitative estimate of drug-likeness (QED) is 0.826. The molecule has 0 saturated heterocycles. The van der Waals surface area contributed by atoms with Crippen molar-refractivity contribution in [3.05, 3.63) is 42.7 Å². The van der Waals surface area contributed by atoms with Gasteiger partial charge in [-0.15, -0.1) is 0 Å². The fourth-order valence-electron chi connectivity index (χ4n) is 1.68. The third kappa shape index (κ3) is 4.35. The predicted molar refractivity (Wildman–Crippen MR) is 81.5 cm³/mol. The van der Waals surface area contributed by atoms with Crippen LogP contribution in [0.4, 0.5) is 4.79 Å². The SMILES string of the molecule is CCNC(=O)NC(=O)CSc1nccn1-c1ccccc1. The minimum Gasteiger partial charge on any atom is -0.338 e. The molecule has 0 atom stereocenters. The summed E-state index contributed by atoms with van der Waals surface area (Å²) in [6.07, 6.45) is 3.51. The van der Waals surface area contributed by atoms with E-state index in [2.05, 4.69) is 15.6 Å². The number of carbonyl (C=O) groups is 2. The van der Waals surface area contributed by atoms with Crippen LogP contribution in [0.25, 0.3) is 5.69 Å². The number of nitrogens with one attached hydrogen (secondary N) is 2. The third-order valence-electron chi connectivity index (χ3n) is 2.56. The largest absolute Gasteiger partial charge is 0.338 e. The molecule has 6 nitrogen and oxygen atoms in total. The third-order valence-corrected chi connectivity index (χ3v) is 3.53. The first kappa shape index (κ1) is 15.1. The maximum Gasteiger partial charge on any atom is 0.321 e. The Morgan fingerprint density at radius 2 is 2.05 bits per heavy atom. The van der Waals surface area contributed by atoms with Crippen molar-refractivity contribution in [3.63, 3.8) is 0 Å². The number of hydrogen-bond acceptors (Lipinski definition) is 4. The van der Waals surface area contributed by atoms with Crippen LogP contribution in [0.5, 0.6) is 0 Å². The van der Waals surface area contributed by atoms with Gasteiger partial charge in [0, 0.05) is 24.6 Å². The maximum absolute atomic E-state index is 11.6. The first-order valence-electron chi connectivity index (χ1n) is 6.50. The van der Waals surface area contributed by atoms with Gasteiger partial charge in [0.05, 0.1) is 5.75 Å². The van der Waals surface area contributed by atoms with Crippen molar-refractivity contribution >= 4 is 23.7 Å². The van der Waals surface area contributed by atoms with Crippen LogP contribution < -0.4 is 10.6 Å². The molecular formula is C14H16N4O2S. The zero-order chi connectivity index (χ0) is 15.1. The molecule has 0 fully saturated rings. The second-order valence-corrected chi connectivity index (χ2v) is 5.05. The molecule has 2 N–H and O–H groups in total. The first-order chi connectivity index (χ1) is 10.2. The number of thioether (sulfide) groups is 1. The fraction of sp³-hybridized carbons (Fsp3) is 0.214. The van der Waals surface area contributed by atoms with Gasteiger partial charge in [-0.3, -0.25) is 14.7 Å². The Bertz CT molecular complexity index is 612. The van der Waals surface area contributed by atoms with Crippen LogP contribution in [0.2, 0.25) is 0 Å². The molecule has 1 heterocycles. The van der Waals surface area contributed by atoms with Gasteiger partial charge in [-0.25, -0.2) is 9.78 Å². The summed E-state index contributed by atoms with van der Waals surface area (Å²) in [5, 5.41) is 5.46. The minimum atomic E-state index is -0.477. The highest BCUT2D eigenvalue weighted by Crippen LogP contribution is 2.19. The van der Waals surface area contributed by atoms with Gasteiger partial charge >= 0.3 is 6.03 Å². The summed E-state index contributed by atoms with van der Waals surface area (Å²) >= 11 is 1.28. The van der Waals surface area contributed by atoms with E-state index in [0.717, 1.165) is 5.69 Å². The van der Waals surface area contributed by atoms with Gasteiger partial charge in [0.25, 0.3) is 0 Å². The lowest BCUT2D eigenvalue weighted by atomic mass is 10.3. The highest BCUT2D eigenvalue weighted by molar-refractivity contribution is 7.99. The zero-order valence-corrected chi connectivity index (χ0v) is 12.4. The summed E-state index contributed by atoms with van der Waals surface area (Å²) in [5.74, 6) is -0.227. The van der Waals surface area contributed by atoms with Crippen LogP contribution in [0, 0.1) is 0 Å². The zero-order valence-electron chi connectivity index (χ0n) is 11.6. The monoisotopic (exact) mass is 304 g/mol. The summed E-state index contributed by atoms with van der Waals surface area (Å²) in [6, 6.07) is 9.25. The van der Waals surface area contributed by atoms with E-state index in [0.29, 0.717) is 11.7 Å². The van der Waals surface area contributed by atoms with Crippen LogP contribution in [0.1, 0.15) is 6.92 Å². The maximum atomic E-state index is 11.6. The van der Waals surface area contributed by atoms with E-state index in [1.807, 2.05) is 41.1 Å². The highest BCUT2D eigenvalue weighted by atomic mass is 32.2. The molecule has 110 valence electrons. The molecule has 0 spiro atoms. The lowest BCUT2D eigenvalue weighted by Gasteiger charge is -2.07. The second-order valence-electron chi connectivity index (χ2n) is 4.11. The number of nitrogens with zero attached hydrogens (tertiary/aromatic N) is 2. The summed E-state index contributed by atoms with van der Waals surface area (Å²) in [4.78, 5) is 27.1. The van der Waals surface area contributed by atoms with Crippen LogP contribution in [-0.2, 0) is 4.79 Å². The second kappa shape index (κ2) is 7.49. The average Bonchev–Trinajstić information content (AvgIpc) is 2.94. The van der Waals surface area contributed by atoms with Gasteiger partial charge in [0.2, 0.25) is 5.91 Å². The van der Waals surface area contributed by atoms with Crippen molar-refractivity contribution in [2.45, 2.75) is 12.1 Å². The number of para-hydroxylation sites is 1. The Balaban J connectivity index is 1.94. The number of carbonyl (C=O) groups excluding carboxylic acids is 2. The van der Waals surface area contributed by atoms with Crippen molar-refractivity contribution in [2.75, 3.05) is 12.3 Å². The summed E-state index contributed by atoms with van der Waals surface area (Å²) < 4.78 is 1.89.